The van der Waals surface area contributed by atoms with Crippen LogP contribution in [0.25, 0.3) is 0 Å². The molecule has 0 radical (unpaired) electrons. The van der Waals surface area contributed by atoms with Crippen LogP contribution >= 0.6 is 0 Å². The molecule has 2 heteroatoms. The number of nitrogens with zero attached hydrogens (tertiary/aromatic N) is 2. The highest BCUT2D eigenvalue weighted by molar-refractivity contribution is 4.89. The molecule has 0 bridgehead atoms. The fourth-order valence-corrected chi connectivity index (χ4v) is 1.98. The predicted molar refractivity (Wildman–Crippen MR) is 54.2 cm³/mol. The van der Waals surface area contributed by atoms with E-state index >= 15 is 0 Å². The smallest absolute Gasteiger partial charge is 0.0669 e. The molecular weight excluding hydrogens is 160 g/mol. The summed E-state index contributed by atoms with van der Waals surface area (Å²) in [5.41, 5.74) is 0.358. The molecule has 1 atom stereocenters. The largest absolute Gasteiger partial charge is 0.302 e. The van der Waals surface area contributed by atoms with Crippen molar-refractivity contribution in [2.75, 3.05) is 19.6 Å². The van der Waals surface area contributed by atoms with Crippen LogP contribution < -0.4 is 0 Å². The lowest BCUT2D eigenvalue weighted by Crippen LogP contribution is -2.39. The molecule has 0 N–H and O–H groups in total. The lowest BCUT2D eigenvalue weighted by Gasteiger charge is -2.34. The first-order valence-corrected chi connectivity index (χ1v) is 5.13. The minimum absolute atomic E-state index is 0.274. The Kier molecular flexibility index (Phi) is 3.33. The van der Waals surface area contributed by atoms with Gasteiger partial charge in [-0.1, -0.05) is 20.8 Å². The van der Waals surface area contributed by atoms with E-state index in [1.165, 1.54) is 13.0 Å². The van der Waals surface area contributed by atoms with Gasteiger partial charge in [-0.05, 0) is 24.8 Å². The molecule has 1 aliphatic heterocycles. The van der Waals surface area contributed by atoms with Crippen LogP contribution in [-0.4, -0.2) is 24.5 Å². The standard InChI is InChI=1S/C11H20N2/c1-11(2,3)9-13-6-4-5-10(7-12)8-13/h10H,4-6,8-9H2,1-3H3. The van der Waals surface area contributed by atoms with Gasteiger partial charge in [-0.15, -0.1) is 0 Å². The summed E-state index contributed by atoms with van der Waals surface area (Å²) in [7, 11) is 0. The van der Waals surface area contributed by atoms with Crippen molar-refractivity contribution in [3.05, 3.63) is 0 Å². The van der Waals surface area contributed by atoms with Crippen LogP contribution in [-0.2, 0) is 0 Å². The first-order valence-electron chi connectivity index (χ1n) is 5.13. The molecule has 1 fully saturated rings. The number of likely N-dealkylation sites (tertiary alicyclic amines) is 1. The van der Waals surface area contributed by atoms with E-state index in [0.29, 0.717) is 5.41 Å². The van der Waals surface area contributed by atoms with Crippen molar-refractivity contribution in [1.82, 2.24) is 4.90 Å². The second-order valence-corrected chi connectivity index (χ2v) is 5.26. The van der Waals surface area contributed by atoms with E-state index in [0.717, 1.165) is 19.5 Å². The van der Waals surface area contributed by atoms with Crippen LogP contribution in [0, 0.1) is 22.7 Å². The molecule has 1 rings (SSSR count). The highest BCUT2D eigenvalue weighted by Gasteiger charge is 2.23. The number of nitriles is 1. The van der Waals surface area contributed by atoms with Gasteiger partial charge in [0.15, 0.2) is 0 Å². The Hall–Kier alpha value is -0.550. The molecule has 13 heavy (non-hydrogen) atoms. The lowest BCUT2D eigenvalue weighted by molar-refractivity contribution is 0.145. The van der Waals surface area contributed by atoms with Gasteiger partial charge in [0.25, 0.3) is 0 Å². The van der Waals surface area contributed by atoms with Gasteiger partial charge in [0.1, 0.15) is 0 Å². The zero-order valence-corrected chi connectivity index (χ0v) is 9.01. The Morgan fingerprint density at radius 1 is 1.46 bits per heavy atom. The van der Waals surface area contributed by atoms with Crippen molar-refractivity contribution in [3.8, 4) is 6.07 Å². The number of rotatable bonds is 1. The third kappa shape index (κ3) is 3.78. The number of hydrogen-bond acceptors (Lipinski definition) is 2. The van der Waals surface area contributed by atoms with Crippen LogP contribution in [0.15, 0.2) is 0 Å². The molecule has 0 saturated carbocycles. The van der Waals surface area contributed by atoms with Crippen molar-refractivity contribution in [3.63, 3.8) is 0 Å². The number of hydrogen-bond donors (Lipinski definition) is 0. The van der Waals surface area contributed by atoms with Crippen LogP contribution in [0.5, 0.6) is 0 Å². The molecule has 0 aromatic carbocycles. The van der Waals surface area contributed by atoms with E-state index in [-0.39, 0.29) is 5.92 Å². The van der Waals surface area contributed by atoms with E-state index in [1.807, 2.05) is 0 Å². The monoisotopic (exact) mass is 180 g/mol. The summed E-state index contributed by atoms with van der Waals surface area (Å²) in [5, 5.41) is 8.83. The highest BCUT2D eigenvalue weighted by atomic mass is 15.1. The topological polar surface area (TPSA) is 27.0 Å². The number of piperidine rings is 1. The normalized spacial score (nSPS) is 25.5. The summed E-state index contributed by atoms with van der Waals surface area (Å²) >= 11 is 0. The summed E-state index contributed by atoms with van der Waals surface area (Å²) < 4.78 is 0. The fourth-order valence-electron chi connectivity index (χ4n) is 1.98. The SMILES string of the molecule is CC(C)(C)CN1CCCC(C#N)C1. The zero-order chi connectivity index (χ0) is 9.90. The van der Waals surface area contributed by atoms with Gasteiger partial charge >= 0.3 is 0 Å². The van der Waals surface area contributed by atoms with E-state index < -0.39 is 0 Å². The second-order valence-electron chi connectivity index (χ2n) is 5.26. The quantitative estimate of drug-likeness (QED) is 0.619. The van der Waals surface area contributed by atoms with Crippen LogP contribution in [0.2, 0.25) is 0 Å². The van der Waals surface area contributed by atoms with Gasteiger partial charge in [-0.3, -0.25) is 0 Å². The molecule has 2 nitrogen and oxygen atoms in total. The average molecular weight is 180 g/mol. The molecule has 0 amide bonds. The molecule has 0 aromatic rings. The Morgan fingerprint density at radius 3 is 2.69 bits per heavy atom. The molecule has 0 aliphatic carbocycles. The van der Waals surface area contributed by atoms with Crippen molar-refractivity contribution >= 4 is 0 Å². The molecule has 1 saturated heterocycles. The molecule has 1 unspecified atom stereocenters. The third-order valence-corrected chi connectivity index (χ3v) is 2.39. The Labute approximate surface area is 81.5 Å². The van der Waals surface area contributed by atoms with E-state index in [2.05, 4.69) is 31.7 Å². The van der Waals surface area contributed by atoms with E-state index in [9.17, 15) is 0 Å². The molecule has 1 aliphatic rings. The Morgan fingerprint density at radius 2 is 2.15 bits per heavy atom. The van der Waals surface area contributed by atoms with Crippen LogP contribution in [0.1, 0.15) is 33.6 Å². The summed E-state index contributed by atoms with van der Waals surface area (Å²) in [6.07, 6.45) is 2.28. The van der Waals surface area contributed by atoms with Crippen molar-refractivity contribution in [2.45, 2.75) is 33.6 Å². The van der Waals surface area contributed by atoms with Crippen molar-refractivity contribution in [1.29, 1.82) is 5.26 Å². The molecule has 0 spiro atoms. The maximum absolute atomic E-state index is 8.83. The van der Waals surface area contributed by atoms with Gasteiger partial charge in [0.2, 0.25) is 0 Å². The molecule has 0 aromatic heterocycles. The molecular formula is C11H20N2. The van der Waals surface area contributed by atoms with Gasteiger partial charge in [0, 0.05) is 13.1 Å². The Bertz CT molecular complexity index is 197. The van der Waals surface area contributed by atoms with Crippen LogP contribution in [0.3, 0.4) is 0 Å². The molecule has 1 heterocycles. The van der Waals surface area contributed by atoms with E-state index in [1.54, 1.807) is 0 Å². The first kappa shape index (κ1) is 10.5. The van der Waals surface area contributed by atoms with Gasteiger partial charge in [0.05, 0.1) is 12.0 Å². The molecule has 74 valence electrons. The second kappa shape index (κ2) is 4.11. The summed E-state index contributed by atoms with van der Waals surface area (Å²) in [4.78, 5) is 2.43. The highest BCUT2D eigenvalue weighted by Crippen LogP contribution is 2.21. The van der Waals surface area contributed by atoms with E-state index in [4.69, 9.17) is 5.26 Å². The predicted octanol–water partition coefficient (Wildman–Crippen LogP) is 2.27. The average Bonchev–Trinajstić information content (AvgIpc) is 2.01. The lowest BCUT2D eigenvalue weighted by atomic mass is 9.93. The maximum Gasteiger partial charge on any atom is 0.0669 e. The van der Waals surface area contributed by atoms with Crippen molar-refractivity contribution in [2.24, 2.45) is 11.3 Å². The first-order chi connectivity index (χ1) is 6.01. The summed E-state index contributed by atoms with van der Waals surface area (Å²) in [6.45, 7) is 10.0. The maximum atomic E-state index is 8.83. The van der Waals surface area contributed by atoms with Crippen LogP contribution in [0.4, 0.5) is 0 Å². The van der Waals surface area contributed by atoms with Crippen molar-refractivity contribution < 1.29 is 0 Å². The van der Waals surface area contributed by atoms with Gasteiger partial charge in [-0.2, -0.15) is 5.26 Å². The summed E-state index contributed by atoms with van der Waals surface area (Å²) in [6, 6.07) is 2.38. The minimum Gasteiger partial charge on any atom is -0.302 e. The summed E-state index contributed by atoms with van der Waals surface area (Å²) in [5.74, 6) is 0.274. The fraction of sp³-hybridized carbons (Fsp3) is 0.909. The Balaban J connectivity index is 2.40. The zero-order valence-electron chi connectivity index (χ0n) is 9.01. The third-order valence-electron chi connectivity index (χ3n) is 2.39. The minimum atomic E-state index is 0.274. The van der Waals surface area contributed by atoms with Gasteiger partial charge < -0.3 is 4.90 Å². The van der Waals surface area contributed by atoms with Gasteiger partial charge in [-0.25, -0.2) is 0 Å².